The summed E-state index contributed by atoms with van der Waals surface area (Å²) < 4.78 is 186. The van der Waals surface area contributed by atoms with Crippen molar-refractivity contribution in [1.82, 2.24) is 4.90 Å². The van der Waals surface area contributed by atoms with Gasteiger partial charge in [-0.2, -0.15) is 61.5 Å². The van der Waals surface area contributed by atoms with Crippen LogP contribution in [0, 0.1) is 0 Å². The number of hydrogen-bond donors (Lipinski definition) is 0. The third-order valence-corrected chi connectivity index (χ3v) is 4.48. The molecule has 2 nitrogen and oxygen atoms in total. The van der Waals surface area contributed by atoms with Gasteiger partial charge in [-0.1, -0.05) is 0 Å². The van der Waals surface area contributed by atoms with E-state index in [0.29, 0.717) is 0 Å². The number of carbonyl (C=O) groups excluding carboxylic acids is 1. The van der Waals surface area contributed by atoms with Crippen molar-refractivity contribution < 1.29 is 66.3 Å². The van der Waals surface area contributed by atoms with Crippen molar-refractivity contribution in [3.63, 3.8) is 0 Å². The molecule has 0 aromatic carbocycles. The smallest absolute Gasteiger partial charge is 0.337 e. The van der Waals surface area contributed by atoms with Gasteiger partial charge in [-0.3, -0.25) is 4.79 Å². The van der Waals surface area contributed by atoms with Crippen molar-refractivity contribution in [2.45, 2.75) is 60.2 Å². The number of likely N-dealkylation sites (tertiary alicyclic amines) is 1. The molecule has 1 fully saturated rings. The molecule has 1 heterocycles. The minimum atomic E-state index is -8.23. The van der Waals surface area contributed by atoms with Crippen LogP contribution in [0.1, 0.15) is 19.3 Å². The molecule has 0 N–H and O–H groups in total. The van der Waals surface area contributed by atoms with Crippen LogP contribution in [0.2, 0.25) is 0 Å². The first-order valence-electron chi connectivity index (χ1n) is 7.64. The minimum absolute atomic E-state index is 0.0883. The molecule has 178 valence electrons. The lowest BCUT2D eigenvalue weighted by Crippen LogP contribution is -2.74. The Bertz CT molecular complexity index is 653. The van der Waals surface area contributed by atoms with E-state index in [4.69, 9.17) is 0 Å². The molecular formula is C13H10ClF14NO. The van der Waals surface area contributed by atoms with Gasteiger partial charge < -0.3 is 4.90 Å². The van der Waals surface area contributed by atoms with Crippen LogP contribution in [0.5, 0.6) is 0 Å². The van der Waals surface area contributed by atoms with Crippen molar-refractivity contribution in [3.8, 4) is 0 Å². The maximum absolute atomic E-state index is 13.8. The third kappa shape index (κ3) is 3.55. The van der Waals surface area contributed by atoms with Gasteiger partial charge in [-0.05, 0) is 30.9 Å². The topological polar surface area (TPSA) is 20.3 Å². The van der Waals surface area contributed by atoms with E-state index in [2.05, 4.69) is 11.6 Å². The fourth-order valence-corrected chi connectivity index (χ4v) is 2.52. The molecule has 17 heteroatoms. The van der Waals surface area contributed by atoms with Crippen LogP contribution in [-0.2, 0) is 4.79 Å². The van der Waals surface area contributed by atoms with Crippen molar-refractivity contribution in [3.05, 3.63) is 0 Å². The lowest BCUT2D eigenvalue weighted by molar-refractivity contribution is -0.432. The standard InChI is InChI=1S/C13H10ClF14NO/c14-13(27,28)12(25,26)11(23,24)10(21,22)9(19,20)8(17,18)7(15,16)6(30)29-4-2-1-3-5-29/h1-5H2. The van der Waals surface area contributed by atoms with Crippen LogP contribution in [0.4, 0.5) is 61.5 Å². The van der Waals surface area contributed by atoms with Crippen LogP contribution in [-0.4, -0.2) is 64.8 Å². The van der Waals surface area contributed by atoms with Crippen molar-refractivity contribution >= 4 is 17.5 Å². The van der Waals surface area contributed by atoms with E-state index >= 15 is 0 Å². The summed E-state index contributed by atoms with van der Waals surface area (Å²) in [6.07, 6.45) is 0.109. The molecule has 1 saturated heterocycles. The maximum atomic E-state index is 13.8. The normalized spacial score (nSPS) is 18.6. The summed E-state index contributed by atoms with van der Waals surface area (Å²) in [5, 5.41) is -6.68. The van der Waals surface area contributed by atoms with Gasteiger partial charge in [0.15, 0.2) is 0 Å². The molecule has 0 bridgehead atoms. The number of rotatable bonds is 7. The second-order valence-electron chi connectivity index (χ2n) is 6.30. The summed E-state index contributed by atoms with van der Waals surface area (Å²) >= 11 is 3.48. The highest BCUT2D eigenvalue weighted by atomic mass is 35.5. The van der Waals surface area contributed by atoms with Crippen LogP contribution < -0.4 is 0 Å². The number of hydrogen-bond acceptors (Lipinski definition) is 1. The average Bonchev–Trinajstić information content (AvgIpc) is 2.59. The van der Waals surface area contributed by atoms with Gasteiger partial charge in [0.1, 0.15) is 0 Å². The Hall–Kier alpha value is -1.22. The number of carbonyl (C=O) groups is 1. The molecule has 30 heavy (non-hydrogen) atoms. The Kier molecular flexibility index (Phi) is 6.64. The molecule has 0 saturated carbocycles. The van der Waals surface area contributed by atoms with Crippen molar-refractivity contribution in [2.24, 2.45) is 0 Å². The Labute approximate surface area is 163 Å². The highest BCUT2D eigenvalue weighted by molar-refractivity contribution is 6.22. The zero-order valence-corrected chi connectivity index (χ0v) is 14.8. The summed E-state index contributed by atoms with van der Waals surface area (Å²) in [5.41, 5.74) is 0. The van der Waals surface area contributed by atoms with Crippen LogP contribution in [0.3, 0.4) is 0 Å². The van der Waals surface area contributed by atoms with Gasteiger partial charge in [0, 0.05) is 13.1 Å². The molecule has 0 atom stereocenters. The highest BCUT2D eigenvalue weighted by Crippen LogP contribution is 2.62. The molecule has 0 aliphatic carbocycles. The van der Waals surface area contributed by atoms with Crippen LogP contribution in [0.25, 0.3) is 0 Å². The molecule has 1 rings (SSSR count). The van der Waals surface area contributed by atoms with Crippen molar-refractivity contribution in [1.29, 1.82) is 0 Å². The van der Waals surface area contributed by atoms with Crippen LogP contribution >= 0.6 is 11.6 Å². The predicted octanol–water partition coefficient (Wildman–Crippen LogP) is 5.64. The van der Waals surface area contributed by atoms with Gasteiger partial charge in [-0.25, -0.2) is 0 Å². The maximum Gasteiger partial charge on any atom is 0.393 e. The Morgan fingerprint density at radius 3 is 1.27 bits per heavy atom. The van der Waals surface area contributed by atoms with E-state index in [0.717, 1.165) is 0 Å². The van der Waals surface area contributed by atoms with Crippen molar-refractivity contribution in [2.75, 3.05) is 13.1 Å². The second-order valence-corrected chi connectivity index (χ2v) is 6.77. The molecule has 0 radical (unpaired) electrons. The molecule has 0 aromatic heterocycles. The first-order chi connectivity index (χ1) is 13.0. The van der Waals surface area contributed by atoms with Gasteiger partial charge in [0.05, 0.1) is 0 Å². The van der Waals surface area contributed by atoms with Crippen LogP contribution in [0.15, 0.2) is 0 Å². The number of amides is 1. The van der Waals surface area contributed by atoms with E-state index in [-0.39, 0.29) is 24.2 Å². The first-order valence-corrected chi connectivity index (χ1v) is 8.02. The molecule has 1 aliphatic heterocycles. The summed E-state index contributed by atoms with van der Waals surface area (Å²) in [4.78, 5) is 11.3. The van der Waals surface area contributed by atoms with Gasteiger partial charge in [0.2, 0.25) is 0 Å². The Balaban J connectivity index is 3.49. The van der Waals surface area contributed by atoms with E-state index in [1.54, 1.807) is 0 Å². The van der Waals surface area contributed by atoms with E-state index in [9.17, 15) is 66.3 Å². The molecular weight excluding hydrogens is 488 g/mol. The fraction of sp³-hybridized carbons (Fsp3) is 0.923. The summed E-state index contributed by atoms with van der Waals surface area (Å²) in [6.45, 7) is -1.42. The second kappa shape index (κ2) is 7.43. The number of alkyl halides is 15. The van der Waals surface area contributed by atoms with Gasteiger partial charge in [-0.15, -0.1) is 0 Å². The highest BCUT2D eigenvalue weighted by Gasteiger charge is 2.93. The van der Waals surface area contributed by atoms with E-state index in [1.165, 1.54) is 0 Å². The Morgan fingerprint density at radius 1 is 0.567 bits per heavy atom. The summed E-state index contributed by atoms with van der Waals surface area (Å²) in [7, 11) is 0. The third-order valence-electron chi connectivity index (χ3n) is 4.24. The minimum Gasteiger partial charge on any atom is -0.337 e. The molecule has 0 unspecified atom stereocenters. The number of piperidine rings is 1. The van der Waals surface area contributed by atoms with Gasteiger partial charge in [0.25, 0.3) is 5.91 Å². The average molecular weight is 498 g/mol. The number of nitrogens with zero attached hydrogens (tertiary/aromatic N) is 1. The largest absolute Gasteiger partial charge is 0.393 e. The zero-order valence-electron chi connectivity index (χ0n) is 14.1. The lowest BCUT2D eigenvalue weighted by Gasteiger charge is -2.42. The van der Waals surface area contributed by atoms with E-state index in [1.807, 2.05) is 0 Å². The fourth-order valence-electron chi connectivity index (χ4n) is 2.40. The Morgan fingerprint density at radius 2 is 0.900 bits per heavy atom. The quantitative estimate of drug-likeness (QED) is 0.329. The molecule has 0 spiro atoms. The monoisotopic (exact) mass is 497 g/mol. The zero-order chi connectivity index (χ0) is 24.2. The predicted molar refractivity (Wildman–Crippen MR) is 70.9 cm³/mol. The number of halogens is 15. The van der Waals surface area contributed by atoms with Gasteiger partial charge >= 0.3 is 40.9 Å². The first kappa shape index (κ1) is 26.8. The molecule has 1 amide bonds. The lowest BCUT2D eigenvalue weighted by atomic mass is 9.90. The summed E-state index contributed by atoms with van der Waals surface area (Å²) in [6, 6.07) is 0. The molecule has 1 aliphatic rings. The molecule has 0 aromatic rings. The van der Waals surface area contributed by atoms with E-state index < -0.39 is 59.9 Å². The SMILES string of the molecule is O=C(N1CCCCC1)C(F)(F)C(F)(F)C(F)(F)C(F)(F)C(F)(F)C(F)(F)C(F)(F)Cl. The summed E-state index contributed by atoms with van der Waals surface area (Å²) in [5.74, 6) is -49.7.